The van der Waals surface area contributed by atoms with Gasteiger partial charge in [0.25, 0.3) is 5.91 Å². The maximum Gasteiger partial charge on any atom is 0.490 e. The van der Waals surface area contributed by atoms with Crippen LogP contribution in [0.25, 0.3) is 11.1 Å². The minimum atomic E-state index is -5.08. The zero-order valence-corrected chi connectivity index (χ0v) is 25.7. The number of carboxylic acids is 2. The first-order valence-electron chi connectivity index (χ1n) is 14.4. The number of amides is 1. The highest BCUT2D eigenvalue weighted by molar-refractivity contribution is 5.94. The molecule has 1 saturated heterocycles. The van der Waals surface area contributed by atoms with Crippen LogP contribution in [0.3, 0.4) is 0 Å². The lowest BCUT2D eigenvalue weighted by Gasteiger charge is -2.37. The van der Waals surface area contributed by atoms with Gasteiger partial charge in [0.2, 0.25) is 6.79 Å². The zero-order valence-electron chi connectivity index (χ0n) is 25.7. The minimum absolute atomic E-state index is 0.134. The topological polar surface area (TPSA) is 137 Å². The van der Waals surface area contributed by atoms with Gasteiger partial charge in [0.05, 0.1) is 0 Å². The molecule has 2 atom stereocenters. The number of aliphatic carboxylic acids is 2. The molecule has 0 radical (unpaired) electrons. The van der Waals surface area contributed by atoms with Gasteiger partial charge in [-0.25, -0.2) is 9.59 Å². The third-order valence-electron chi connectivity index (χ3n) is 7.04. The van der Waals surface area contributed by atoms with Gasteiger partial charge in [-0.15, -0.1) is 0 Å². The molecule has 0 spiro atoms. The van der Waals surface area contributed by atoms with E-state index in [1.165, 1.54) is 11.1 Å². The molecule has 2 aliphatic heterocycles. The van der Waals surface area contributed by atoms with Crippen molar-refractivity contribution in [2.75, 3.05) is 19.9 Å². The maximum absolute atomic E-state index is 12.6. The summed E-state index contributed by atoms with van der Waals surface area (Å²) in [5.41, 5.74) is 5.28. The molecule has 5 rings (SSSR count). The average Bonchev–Trinajstić information content (AvgIpc) is 3.50. The fourth-order valence-corrected chi connectivity index (χ4v) is 4.58. The van der Waals surface area contributed by atoms with Crippen molar-refractivity contribution in [3.63, 3.8) is 0 Å². The Morgan fingerprint density at radius 1 is 0.833 bits per heavy atom. The Hall–Kier alpha value is -4.83. The second kappa shape index (κ2) is 16.3. The lowest BCUT2D eigenvalue weighted by molar-refractivity contribution is -0.193. The summed E-state index contributed by atoms with van der Waals surface area (Å²) in [5, 5.41) is 20.8. The van der Waals surface area contributed by atoms with Gasteiger partial charge in [0, 0.05) is 43.8 Å². The predicted octanol–water partition coefficient (Wildman–Crippen LogP) is 5.46. The van der Waals surface area contributed by atoms with Crippen LogP contribution in [0.15, 0.2) is 66.7 Å². The summed E-state index contributed by atoms with van der Waals surface area (Å²) in [7, 11) is 0. The Morgan fingerprint density at radius 2 is 1.38 bits per heavy atom. The Kier molecular flexibility index (Phi) is 12.8. The normalized spacial score (nSPS) is 17.2. The molecular weight excluding hydrogens is 652 g/mol. The molecule has 48 heavy (non-hydrogen) atoms. The van der Waals surface area contributed by atoms with Crippen LogP contribution in [-0.2, 0) is 22.7 Å². The second-order valence-electron chi connectivity index (χ2n) is 10.8. The van der Waals surface area contributed by atoms with Gasteiger partial charge in [0.15, 0.2) is 11.5 Å². The number of alkyl halides is 6. The van der Waals surface area contributed by atoms with Gasteiger partial charge in [-0.1, -0.05) is 36.4 Å². The van der Waals surface area contributed by atoms with Gasteiger partial charge < -0.3 is 30.3 Å². The first kappa shape index (κ1) is 37.6. The molecule has 4 N–H and O–H groups in total. The molecule has 0 aromatic heterocycles. The number of carbonyl (C=O) groups excluding carboxylic acids is 1. The van der Waals surface area contributed by atoms with E-state index in [0.717, 1.165) is 30.8 Å². The van der Waals surface area contributed by atoms with Crippen LogP contribution in [0.4, 0.5) is 26.3 Å². The van der Waals surface area contributed by atoms with Crippen molar-refractivity contribution in [3.05, 3.63) is 83.4 Å². The number of hydrogen-bond acceptors (Lipinski definition) is 7. The number of hydrogen-bond donors (Lipinski definition) is 4. The SMILES string of the molecule is CC1CN(Cc2cccc(-c3cccc(CNC(=O)c4ccc5c(c4)OCO5)c3)c2)C(C)CN1.O=C(O)C(F)(F)F.O=C(O)C(F)(F)F. The molecule has 2 heterocycles. The number of nitrogens with zero attached hydrogens (tertiary/aromatic N) is 1. The summed E-state index contributed by atoms with van der Waals surface area (Å²) in [6.07, 6.45) is -10.2. The number of ether oxygens (including phenoxy) is 2. The van der Waals surface area contributed by atoms with E-state index in [4.69, 9.17) is 29.3 Å². The molecule has 0 aliphatic carbocycles. The van der Waals surface area contributed by atoms with Crippen molar-refractivity contribution in [1.82, 2.24) is 15.5 Å². The number of rotatable bonds is 6. The highest BCUT2D eigenvalue weighted by Gasteiger charge is 2.39. The Bertz CT molecular complexity index is 1560. The van der Waals surface area contributed by atoms with Gasteiger partial charge in [0.1, 0.15) is 0 Å². The van der Waals surface area contributed by atoms with E-state index >= 15 is 0 Å². The molecule has 260 valence electrons. The lowest BCUT2D eigenvalue weighted by Crippen LogP contribution is -2.53. The summed E-state index contributed by atoms with van der Waals surface area (Å²) < 4.78 is 74.2. The number of fused-ring (bicyclic) bond motifs is 1. The average molecular weight is 686 g/mol. The molecule has 16 heteroatoms. The first-order chi connectivity index (χ1) is 22.4. The van der Waals surface area contributed by atoms with Crippen LogP contribution in [-0.4, -0.2) is 77.3 Å². The molecule has 10 nitrogen and oxygen atoms in total. The molecular formula is C32H33F6N3O7. The number of benzene rings is 3. The molecule has 0 bridgehead atoms. The first-order valence-corrected chi connectivity index (χ1v) is 14.4. The van der Waals surface area contributed by atoms with Crippen LogP contribution in [0.1, 0.15) is 35.3 Å². The van der Waals surface area contributed by atoms with Gasteiger partial charge in [-0.2, -0.15) is 26.3 Å². The number of carboxylic acid groups (broad SMARTS) is 2. The largest absolute Gasteiger partial charge is 0.490 e. The van der Waals surface area contributed by atoms with Crippen molar-refractivity contribution < 1.29 is 60.4 Å². The highest BCUT2D eigenvalue weighted by atomic mass is 19.4. The third-order valence-corrected chi connectivity index (χ3v) is 7.04. The molecule has 1 fully saturated rings. The van der Waals surface area contributed by atoms with Crippen molar-refractivity contribution >= 4 is 17.8 Å². The summed E-state index contributed by atoms with van der Waals surface area (Å²) >= 11 is 0. The number of carbonyl (C=O) groups is 3. The lowest BCUT2D eigenvalue weighted by atomic mass is 10.00. The van der Waals surface area contributed by atoms with Crippen LogP contribution in [0.2, 0.25) is 0 Å². The molecule has 2 aliphatic rings. The van der Waals surface area contributed by atoms with Gasteiger partial charge in [-0.3, -0.25) is 9.69 Å². The van der Waals surface area contributed by atoms with E-state index in [9.17, 15) is 31.1 Å². The van der Waals surface area contributed by atoms with E-state index in [1.54, 1.807) is 18.2 Å². The van der Waals surface area contributed by atoms with Crippen molar-refractivity contribution in [3.8, 4) is 22.6 Å². The Morgan fingerprint density at radius 3 is 1.96 bits per heavy atom. The van der Waals surface area contributed by atoms with Gasteiger partial charge >= 0.3 is 24.3 Å². The van der Waals surface area contributed by atoms with E-state index in [1.807, 2.05) is 12.1 Å². The molecule has 0 saturated carbocycles. The van der Waals surface area contributed by atoms with Crippen molar-refractivity contribution in [1.29, 1.82) is 0 Å². The van der Waals surface area contributed by atoms with E-state index in [2.05, 4.69) is 65.8 Å². The molecule has 3 aromatic rings. The van der Waals surface area contributed by atoms with E-state index < -0.39 is 24.3 Å². The summed E-state index contributed by atoms with van der Waals surface area (Å²) in [4.78, 5) is 33.0. The predicted molar refractivity (Wildman–Crippen MR) is 160 cm³/mol. The Labute approximate surface area is 271 Å². The monoisotopic (exact) mass is 685 g/mol. The standard InChI is InChI=1S/C28H31N3O3.2C2HF3O2/c1-19-16-31(20(2)14-29-19)17-22-6-4-8-24(12-22)23-7-3-5-21(11-23)15-30-28(32)25-9-10-26-27(13-25)34-18-33-26;2*3-2(4,5)1(6)7/h3-13,19-20,29H,14-18H2,1-2H3,(H,30,32);2*(H,6,7). The van der Waals surface area contributed by atoms with Gasteiger partial charge in [-0.05, 0) is 66.4 Å². The second-order valence-corrected chi connectivity index (χ2v) is 10.8. The molecule has 1 amide bonds. The number of nitrogens with one attached hydrogen (secondary N) is 2. The van der Waals surface area contributed by atoms with Crippen LogP contribution < -0.4 is 20.1 Å². The molecule has 2 unspecified atom stereocenters. The maximum atomic E-state index is 12.6. The number of halogens is 6. The Balaban J connectivity index is 0.000000376. The highest BCUT2D eigenvalue weighted by Crippen LogP contribution is 2.32. The van der Waals surface area contributed by atoms with E-state index in [0.29, 0.717) is 35.7 Å². The van der Waals surface area contributed by atoms with Crippen LogP contribution >= 0.6 is 0 Å². The fourth-order valence-electron chi connectivity index (χ4n) is 4.58. The summed E-state index contributed by atoms with van der Waals surface area (Å²) in [6, 6.07) is 23.4. The molecule has 3 aromatic carbocycles. The number of piperazine rings is 1. The van der Waals surface area contributed by atoms with E-state index in [-0.39, 0.29) is 12.7 Å². The summed E-state index contributed by atoms with van der Waals surface area (Å²) in [5.74, 6) is -4.36. The van der Waals surface area contributed by atoms with Crippen molar-refractivity contribution in [2.24, 2.45) is 0 Å². The van der Waals surface area contributed by atoms with Crippen molar-refractivity contribution in [2.45, 2.75) is 51.4 Å². The summed E-state index contributed by atoms with van der Waals surface area (Å²) in [6.45, 7) is 8.21. The quantitative estimate of drug-likeness (QED) is 0.249. The van der Waals surface area contributed by atoms with Crippen LogP contribution in [0, 0.1) is 0 Å². The van der Waals surface area contributed by atoms with Crippen LogP contribution in [0.5, 0.6) is 11.5 Å². The minimum Gasteiger partial charge on any atom is -0.475 e. The third kappa shape index (κ3) is 11.5. The smallest absolute Gasteiger partial charge is 0.475 e. The zero-order chi connectivity index (χ0) is 35.6. The fraction of sp³-hybridized carbons (Fsp3) is 0.344.